The Kier molecular flexibility index (Phi) is 6.22. The monoisotopic (exact) mass is 240 g/mol. The second-order valence-corrected chi connectivity index (χ2v) is 4.34. The van der Waals surface area contributed by atoms with Gasteiger partial charge in [0.25, 0.3) is 0 Å². The second kappa shape index (κ2) is 7.45. The van der Waals surface area contributed by atoms with Crippen LogP contribution in [0.2, 0.25) is 0 Å². The van der Waals surface area contributed by atoms with E-state index in [4.69, 9.17) is 4.74 Å². The number of rotatable bonds is 8. The minimum atomic E-state index is -0.397. The van der Waals surface area contributed by atoms with Crippen LogP contribution < -0.4 is 0 Å². The fourth-order valence-corrected chi connectivity index (χ4v) is 1.99. The Hall–Kier alpha value is -0.870. The lowest BCUT2D eigenvalue weighted by atomic mass is 10.0. The zero-order valence-corrected chi connectivity index (χ0v) is 11.1. The van der Waals surface area contributed by atoms with Crippen molar-refractivity contribution in [3.8, 4) is 0 Å². The van der Waals surface area contributed by atoms with E-state index in [0.717, 1.165) is 25.1 Å². The van der Waals surface area contributed by atoms with Crippen LogP contribution in [0.1, 0.15) is 38.9 Å². The summed E-state index contributed by atoms with van der Waals surface area (Å²) >= 11 is 0. The molecule has 0 aliphatic heterocycles. The van der Waals surface area contributed by atoms with Gasteiger partial charge in [-0.2, -0.15) is 0 Å². The number of aryl methyl sites for hydroxylation is 2. The third-order valence-electron chi connectivity index (χ3n) is 2.97. The summed E-state index contributed by atoms with van der Waals surface area (Å²) in [6, 6.07) is 0. The van der Waals surface area contributed by atoms with Gasteiger partial charge in [-0.3, -0.25) is 0 Å². The molecule has 0 amide bonds. The van der Waals surface area contributed by atoms with Crippen LogP contribution in [0.5, 0.6) is 0 Å². The topological polar surface area (TPSA) is 47.3 Å². The summed E-state index contributed by atoms with van der Waals surface area (Å²) in [6.07, 6.45) is 6.71. The highest BCUT2D eigenvalue weighted by Gasteiger charge is 2.18. The number of aliphatic hydroxyl groups excluding tert-OH is 1. The van der Waals surface area contributed by atoms with Gasteiger partial charge in [0.15, 0.2) is 0 Å². The number of aliphatic hydroxyl groups is 1. The van der Waals surface area contributed by atoms with Crippen LogP contribution in [-0.4, -0.2) is 33.5 Å². The standard InChI is InChI=1S/C13H24N2O2/c1-4-6-12(17-5-2)11(16)7-8-13-14-9-10-15(13)3/h9-12,16H,4-8H2,1-3H3. The number of hydrogen-bond acceptors (Lipinski definition) is 3. The first kappa shape index (κ1) is 14.2. The summed E-state index contributed by atoms with van der Waals surface area (Å²) in [7, 11) is 1.97. The third-order valence-corrected chi connectivity index (χ3v) is 2.97. The number of ether oxygens (including phenoxy) is 1. The van der Waals surface area contributed by atoms with Crippen LogP contribution in [0.3, 0.4) is 0 Å². The highest BCUT2D eigenvalue weighted by molar-refractivity contribution is 4.92. The molecule has 0 bridgehead atoms. The SMILES string of the molecule is CCCC(OCC)C(O)CCc1nccn1C. The molecule has 2 atom stereocenters. The van der Waals surface area contributed by atoms with E-state index >= 15 is 0 Å². The van der Waals surface area contributed by atoms with Crippen molar-refractivity contribution < 1.29 is 9.84 Å². The lowest BCUT2D eigenvalue weighted by Crippen LogP contribution is -2.29. The number of hydrogen-bond donors (Lipinski definition) is 1. The molecule has 1 aromatic heterocycles. The Morgan fingerprint density at radius 3 is 2.71 bits per heavy atom. The first-order valence-electron chi connectivity index (χ1n) is 6.44. The molecule has 98 valence electrons. The number of nitrogens with zero attached hydrogens (tertiary/aromatic N) is 2. The van der Waals surface area contributed by atoms with Crippen molar-refractivity contribution in [3.63, 3.8) is 0 Å². The van der Waals surface area contributed by atoms with Gasteiger partial charge in [0, 0.05) is 32.5 Å². The highest BCUT2D eigenvalue weighted by atomic mass is 16.5. The van der Waals surface area contributed by atoms with Crippen LogP contribution in [-0.2, 0) is 18.2 Å². The van der Waals surface area contributed by atoms with Gasteiger partial charge in [-0.1, -0.05) is 13.3 Å². The van der Waals surface area contributed by atoms with Gasteiger partial charge in [-0.05, 0) is 19.8 Å². The van der Waals surface area contributed by atoms with E-state index in [1.807, 2.05) is 24.7 Å². The van der Waals surface area contributed by atoms with Crippen LogP contribution in [0.15, 0.2) is 12.4 Å². The minimum absolute atomic E-state index is 0.0368. The fourth-order valence-electron chi connectivity index (χ4n) is 1.99. The van der Waals surface area contributed by atoms with Crippen molar-refractivity contribution in [1.29, 1.82) is 0 Å². The van der Waals surface area contributed by atoms with Crippen molar-refractivity contribution in [1.82, 2.24) is 9.55 Å². The molecular weight excluding hydrogens is 216 g/mol. The lowest BCUT2D eigenvalue weighted by molar-refractivity contribution is -0.0400. The largest absolute Gasteiger partial charge is 0.390 e. The van der Waals surface area contributed by atoms with E-state index in [2.05, 4.69) is 11.9 Å². The van der Waals surface area contributed by atoms with E-state index < -0.39 is 6.10 Å². The maximum absolute atomic E-state index is 10.1. The molecule has 0 saturated carbocycles. The van der Waals surface area contributed by atoms with E-state index in [1.54, 1.807) is 6.20 Å². The molecule has 2 unspecified atom stereocenters. The molecule has 4 heteroatoms. The Labute approximate surface area is 104 Å². The molecule has 0 spiro atoms. The van der Waals surface area contributed by atoms with Gasteiger partial charge in [0.05, 0.1) is 12.2 Å². The Balaban J connectivity index is 2.41. The molecular formula is C13H24N2O2. The molecule has 0 fully saturated rings. The number of imidazole rings is 1. The lowest BCUT2D eigenvalue weighted by Gasteiger charge is -2.22. The van der Waals surface area contributed by atoms with Gasteiger partial charge in [-0.25, -0.2) is 4.98 Å². The van der Waals surface area contributed by atoms with Gasteiger partial charge in [0.1, 0.15) is 5.82 Å². The normalized spacial score (nSPS) is 14.8. The Bertz CT molecular complexity index is 306. The smallest absolute Gasteiger partial charge is 0.108 e. The van der Waals surface area contributed by atoms with Gasteiger partial charge < -0.3 is 14.4 Å². The summed E-state index contributed by atoms with van der Waals surface area (Å²) in [4.78, 5) is 4.25. The van der Waals surface area contributed by atoms with Gasteiger partial charge >= 0.3 is 0 Å². The first-order chi connectivity index (χ1) is 8.19. The van der Waals surface area contributed by atoms with Crippen molar-refractivity contribution in [2.24, 2.45) is 7.05 Å². The van der Waals surface area contributed by atoms with Crippen molar-refractivity contribution in [3.05, 3.63) is 18.2 Å². The predicted molar refractivity (Wildman–Crippen MR) is 67.9 cm³/mol. The van der Waals surface area contributed by atoms with Crippen molar-refractivity contribution in [2.75, 3.05) is 6.61 Å². The Morgan fingerprint density at radius 1 is 1.41 bits per heavy atom. The van der Waals surface area contributed by atoms with Crippen LogP contribution in [0, 0.1) is 0 Å². The predicted octanol–water partition coefficient (Wildman–Crippen LogP) is 1.92. The average Bonchev–Trinajstić information content (AvgIpc) is 2.71. The Morgan fingerprint density at radius 2 is 2.18 bits per heavy atom. The quantitative estimate of drug-likeness (QED) is 0.755. The molecule has 0 aliphatic carbocycles. The molecule has 0 aliphatic rings. The number of aromatic nitrogens is 2. The summed E-state index contributed by atoms with van der Waals surface area (Å²) in [6.45, 7) is 4.73. The zero-order valence-electron chi connectivity index (χ0n) is 11.1. The van der Waals surface area contributed by atoms with Crippen LogP contribution >= 0.6 is 0 Å². The highest BCUT2D eigenvalue weighted by Crippen LogP contribution is 2.13. The van der Waals surface area contributed by atoms with Crippen molar-refractivity contribution in [2.45, 2.75) is 51.7 Å². The van der Waals surface area contributed by atoms with E-state index in [-0.39, 0.29) is 6.10 Å². The first-order valence-corrected chi connectivity index (χ1v) is 6.44. The third kappa shape index (κ3) is 4.48. The van der Waals surface area contributed by atoms with Crippen LogP contribution in [0.25, 0.3) is 0 Å². The minimum Gasteiger partial charge on any atom is -0.390 e. The summed E-state index contributed by atoms with van der Waals surface area (Å²) in [5, 5.41) is 10.1. The van der Waals surface area contributed by atoms with E-state index in [1.165, 1.54) is 0 Å². The molecule has 1 aromatic rings. The summed E-state index contributed by atoms with van der Waals surface area (Å²) in [5.74, 6) is 1.01. The fraction of sp³-hybridized carbons (Fsp3) is 0.769. The van der Waals surface area contributed by atoms with E-state index in [0.29, 0.717) is 13.0 Å². The zero-order chi connectivity index (χ0) is 12.7. The molecule has 1 heterocycles. The van der Waals surface area contributed by atoms with Crippen LogP contribution in [0.4, 0.5) is 0 Å². The molecule has 1 N–H and O–H groups in total. The maximum atomic E-state index is 10.1. The molecule has 0 aromatic carbocycles. The van der Waals surface area contributed by atoms with Gasteiger partial charge in [-0.15, -0.1) is 0 Å². The molecule has 17 heavy (non-hydrogen) atoms. The molecule has 1 rings (SSSR count). The summed E-state index contributed by atoms with van der Waals surface area (Å²) in [5.41, 5.74) is 0. The average molecular weight is 240 g/mol. The maximum Gasteiger partial charge on any atom is 0.108 e. The van der Waals surface area contributed by atoms with E-state index in [9.17, 15) is 5.11 Å². The second-order valence-electron chi connectivity index (χ2n) is 4.34. The van der Waals surface area contributed by atoms with Crippen molar-refractivity contribution >= 4 is 0 Å². The summed E-state index contributed by atoms with van der Waals surface area (Å²) < 4.78 is 7.56. The molecule has 0 radical (unpaired) electrons. The molecule has 4 nitrogen and oxygen atoms in total. The molecule has 0 saturated heterocycles. The van der Waals surface area contributed by atoms with Gasteiger partial charge in [0.2, 0.25) is 0 Å².